The van der Waals surface area contributed by atoms with Crippen molar-refractivity contribution in [3.63, 3.8) is 0 Å². The average molecular weight is 530 g/mol. The maximum Gasteiger partial charge on any atom is 0.300 e. The summed E-state index contributed by atoms with van der Waals surface area (Å²) in [4.78, 5) is 28.8. The number of carbonyl (C=O) groups is 2. The van der Waals surface area contributed by atoms with Crippen LogP contribution in [0.3, 0.4) is 0 Å². The molecule has 39 heavy (non-hydrogen) atoms. The number of hydrogen-bond donors (Lipinski definition) is 1. The van der Waals surface area contributed by atoms with Crippen LogP contribution in [0.25, 0.3) is 5.76 Å². The standard InChI is InChI=1S/C32H35NO6/c1-18-10-9-11-22(14-18)33-27(20-15-24(37-6)30(39-8)25(16-20)38-7)26(29(35)31(33)36)28(34)23-17-21(32(3,4)5)13-12-19(23)2/h9-17,27,34H,1-8H3/b28-26+. The molecule has 1 unspecified atom stereocenters. The minimum atomic E-state index is -0.946. The predicted molar refractivity (Wildman–Crippen MR) is 152 cm³/mol. The van der Waals surface area contributed by atoms with Crippen molar-refractivity contribution in [2.75, 3.05) is 26.2 Å². The van der Waals surface area contributed by atoms with Crippen molar-refractivity contribution in [3.8, 4) is 17.2 Å². The zero-order chi connectivity index (χ0) is 28.6. The van der Waals surface area contributed by atoms with Crippen LogP contribution in [0.2, 0.25) is 0 Å². The van der Waals surface area contributed by atoms with Crippen LogP contribution in [0.1, 0.15) is 54.6 Å². The zero-order valence-electron chi connectivity index (χ0n) is 23.7. The van der Waals surface area contributed by atoms with Crippen LogP contribution in [0, 0.1) is 13.8 Å². The summed E-state index contributed by atoms with van der Waals surface area (Å²) >= 11 is 0. The van der Waals surface area contributed by atoms with Crippen molar-refractivity contribution < 1.29 is 28.9 Å². The Labute approximate surface area is 229 Å². The fourth-order valence-electron chi connectivity index (χ4n) is 4.94. The summed E-state index contributed by atoms with van der Waals surface area (Å²) in [6, 6.07) is 15.6. The molecule has 1 fully saturated rings. The lowest BCUT2D eigenvalue weighted by atomic mass is 9.84. The van der Waals surface area contributed by atoms with Gasteiger partial charge in [0.1, 0.15) is 5.76 Å². The summed E-state index contributed by atoms with van der Waals surface area (Å²) in [5.74, 6) is -0.616. The van der Waals surface area contributed by atoms with E-state index in [0.717, 1.165) is 16.7 Å². The topological polar surface area (TPSA) is 85.3 Å². The SMILES string of the molecule is COc1cc(C2/C(=C(\O)c3cc(C(C)(C)C)ccc3C)C(=O)C(=O)N2c2cccc(C)c2)cc(OC)c1OC. The highest BCUT2D eigenvalue weighted by atomic mass is 16.5. The van der Waals surface area contributed by atoms with E-state index in [1.54, 1.807) is 18.2 Å². The van der Waals surface area contributed by atoms with E-state index < -0.39 is 17.7 Å². The number of aryl methyl sites for hydroxylation is 2. The van der Waals surface area contributed by atoms with E-state index in [1.807, 2.05) is 50.2 Å². The van der Waals surface area contributed by atoms with Crippen LogP contribution >= 0.6 is 0 Å². The molecular weight excluding hydrogens is 494 g/mol. The first-order valence-corrected chi connectivity index (χ1v) is 12.7. The average Bonchev–Trinajstić information content (AvgIpc) is 3.17. The number of rotatable bonds is 6. The highest BCUT2D eigenvalue weighted by molar-refractivity contribution is 6.51. The summed E-state index contributed by atoms with van der Waals surface area (Å²) in [5.41, 5.74) is 4.06. The molecule has 0 saturated carbocycles. The molecule has 0 aliphatic carbocycles. The quantitative estimate of drug-likeness (QED) is 0.231. The highest BCUT2D eigenvalue weighted by Gasteiger charge is 2.47. The van der Waals surface area contributed by atoms with Crippen LogP contribution in [-0.4, -0.2) is 38.1 Å². The van der Waals surface area contributed by atoms with Gasteiger partial charge in [-0.25, -0.2) is 0 Å². The molecule has 7 nitrogen and oxygen atoms in total. The predicted octanol–water partition coefficient (Wildman–Crippen LogP) is 6.25. The van der Waals surface area contributed by atoms with Gasteiger partial charge in [0, 0.05) is 11.3 Å². The summed E-state index contributed by atoms with van der Waals surface area (Å²) in [6.07, 6.45) is 0. The Balaban J connectivity index is 2.06. The zero-order valence-corrected chi connectivity index (χ0v) is 23.7. The Hall–Kier alpha value is -4.26. The second-order valence-electron chi connectivity index (χ2n) is 10.7. The Morgan fingerprint density at radius 2 is 1.51 bits per heavy atom. The monoisotopic (exact) mass is 529 g/mol. The maximum atomic E-state index is 13.7. The molecule has 3 aromatic rings. The van der Waals surface area contributed by atoms with E-state index in [0.29, 0.717) is 34.1 Å². The number of amides is 1. The minimum Gasteiger partial charge on any atom is -0.507 e. The van der Waals surface area contributed by atoms with Crippen LogP contribution in [0.5, 0.6) is 17.2 Å². The molecule has 204 valence electrons. The first-order chi connectivity index (χ1) is 18.4. The number of ether oxygens (including phenoxy) is 3. The Morgan fingerprint density at radius 3 is 2.05 bits per heavy atom. The van der Waals surface area contributed by atoms with Gasteiger partial charge in [0.2, 0.25) is 5.75 Å². The molecule has 0 bridgehead atoms. The number of benzene rings is 3. The van der Waals surface area contributed by atoms with Gasteiger partial charge in [0.25, 0.3) is 11.7 Å². The molecule has 1 N–H and O–H groups in total. The number of nitrogens with zero attached hydrogens (tertiary/aromatic N) is 1. The van der Waals surface area contributed by atoms with E-state index in [9.17, 15) is 14.7 Å². The number of methoxy groups -OCH3 is 3. The molecule has 0 radical (unpaired) electrons. The molecule has 1 aliphatic rings. The second-order valence-corrected chi connectivity index (χ2v) is 10.7. The van der Waals surface area contributed by atoms with Gasteiger partial charge in [0.05, 0.1) is 32.9 Å². The molecular formula is C32H35NO6. The summed E-state index contributed by atoms with van der Waals surface area (Å²) in [5, 5.41) is 11.8. The van der Waals surface area contributed by atoms with Crippen molar-refractivity contribution in [1.82, 2.24) is 0 Å². The van der Waals surface area contributed by atoms with Crippen molar-refractivity contribution in [1.29, 1.82) is 0 Å². The van der Waals surface area contributed by atoms with Crippen LogP contribution in [-0.2, 0) is 15.0 Å². The van der Waals surface area contributed by atoms with Gasteiger partial charge in [-0.2, -0.15) is 0 Å². The van der Waals surface area contributed by atoms with Gasteiger partial charge in [-0.3, -0.25) is 14.5 Å². The summed E-state index contributed by atoms with van der Waals surface area (Å²) < 4.78 is 16.6. The fourth-order valence-corrected chi connectivity index (χ4v) is 4.94. The van der Waals surface area contributed by atoms with Crippen molar-refractivity contribution in [2.45, 2.75) is 46.1 Å². The third-order valence-corrected chi connectivity index (χ3v) is 7.09. The molecule has 1 aliphatic heterocycles. The van der Waals surface area contributed by atoms with Gasteiger partial charge in [-0.15, -0.1) is 0 Å². The molecule has 1 saturated heterocycles. The molecule has 7 heteroatoms. The van der Waals surface area contributed by atoms with Crippen molar-refractivity contribution in [3.05, 3.63) is 88.0 Å². The van der Waals surface area contributed by atoms with E-state index >= 15 is 0 Å². The van der Waals surface area contributed by atoms with Gasteiger partial charge in [-0.1, -0.05) is 45.0 Å². The van der Waals surface area contributed by atoms with Crippen LogP contribution in [0.4, 0.5) is 5.69 Å². The molecule has 4 rings (SSSR count). The number of carbonyl (C=O) groups excluding carboxylic acids is 2. The Bertz CT molecular complexity index is 1460. The van der Waals surface area contributed by atoms with Gasteiger partial charge in [-0.05, 0) is 71.8 Å². The largest absolute Gasteiger partial charge is 0.507 e. The van der Waals surface area contributed by atoms with Crippen LogP contribution in [0.15, 0.2) is 60.2 Å². The fraction of sp³-hybridized carbons (Fsp3) is 0.312. The molecule has 3 aromatic carbocycles. The van der Waals surface area contributed by atoms with E-state index in [4.69, 9.17) is 14.2 Å². The van der Waals surface area contributed by atoms with Crippen LogP contribution < -0.4 is 19.1 Å². The third-order valence-electron chi connectivity index (χ3n) is 7.09. The molecule has 0 aromatic heterocycles. The normalized spacial score (nSPS) is 16.9. The summed E-state index contributed by atoms with van der Waals surface area (Å²) in [6.45, 7) is 10.0. The van der Waals surface area contributed by atoms with E-state index in [-0.39, 0.29) is 16.7 Å². The molecule has 1 atom stereocenters. The lowest BCUT2D eigenvalue weighted by molar-refractivity contribution is -0.132. The number of aliphatic hydroxyl groups is 1. The lowest BCUT2D eigenvalue weighted by Gasteiger charge is -2.27. The van der Waals surface area contributed by atoms with Crippen molar-refractivity contribution in [2.24, 2.45) is 0 Å². The maximum absolute atomic E-state index is 13.7. The summed E-state index contributed by atoms with van der Waals surface area (Å²) in [7, 11) is 4.50. The van der Waals surface area contributed by atoms with Crippen molar-refractivity contribution >= 4 is 23.1 Å². The third kappa shape index (κ3) is 4.97. The smallest absolute Gasteiger partial charge is 0.300 e. The number of hydrogen-bond acceptors (Lipinski definition) is 6. The van der Waals surface area contributed by atoms with Gasteiger partial charge >= 0.3 is 0 Å². The molecule has 1 heterocycles. The number of Topliss-reactive ketones (excluding diaryl/α,β-unsaturated/α-hetero) is 1. The second kappa shape index (κ2) is 10.5. The number of aliphatic hydroxyl groups excluding tert-OH is 1. The Kier molecular flexibility index (Phi) is 7.46. The molecule has 0 spiro atoms. The first-order valence-electron chi connectivity index (χ1n) is 12.7. The minimum absolute atomic E-state index is 0.00932. The highest BCUT2D eigenvalue weighted by Crippen LogP contribution is 2.47. The van der Waals surface area contributed by atoms with E-state index in [2.05, 4.69) is 20.8 Å². The number of ketones is 1. The van der Waals surface area contributed by atoms with E-state index in [1.165, 1.54) is 26.2 Å². The van der Waals surface area contributed by atoms with Gasteiger partial charge < -0.3 is 19.3 Å². The van der Waals surface area contributed by atoms with Gasteiger partial charge in [0.15, 0.2) is 11.5 Å². The first kappa shape index (κ1) is 27.8. The number of anilines is 1. The Morgan fingerprint density at radius 1 is 0.872 bits per heavy atom. The molecule has 1 amide bonds. The lowest BCUT2D eigenvalue weighted by Crippen LogP contribution is -2.29.